The van der Waals surface area contributed by atoms with Crippen LogP contribution < -0.4 is 4.72 Å². The molecule has 0 aliphatic rings. The maximum Gasteiger partial charge on any atom is 0.264 e. The van der Waals surface area contributed by atoms with Crippen LogP contribution in [0.2, 0.25) is 10.0 Å². The summed E-state index contributed by atoms with van der Waals surface area (Å²) in [6.07, 6.45) is 1.45. The van der Waals surface area contributed by atoms with Crippen molar-refractivity contribution < 1.29 is 8.42 Å². The Morgan fingerprint density at radius 1 is 1.08 bits per heavy atom. The smallest absolute Gasteiger partial charge is 0.246 e. The molecule has 136 valence electrons. The van der Waals surface area contributed by atoms with Crippen molar-refractivity contribution in [3.63, 3.8) is 0 Å². The van der Waals surface area contributed by atoms with Gasteiger partial charge in [-0.1, -0.05) is 41.4 Å². The van der Waals surface area contributed by atoms with Crippen molar-refractivity contribution in [1.29, 1.82) is 0 Å². The van der Waals surface area contributed by atoms with Gasteiger partial charge in [-0.3, -0.25) is 0 Å². The lowest BCUT2D eigenvalue weighted by Gasteiger charge is -2.08. The number of aryl methyl sites for hydroxylation is 2. The summed E-state index contributed by atoms with van der Waals surface area (Å²) in [6, 6.07) is 10.5. The molecule has 3 rings (SSSR count). The molecule has 1 heterocycles. The highest BCUT2D eigenvalue weighted by molar-refractivity contribution is 7.92. The predicted octanol–water partition coefficient (Wildman–Crippen LogP) is 4.05. The van der Waals surface area contributed by atoms with Gasteiger partial charge in [0, 0.05) is 0 Å². The van der Waals surface area contributed by atoms with Crippen LogP contribution in [0.15, 0.2) is 47.6 Å². The van der Waals surface area contributed by atoms with Crippen LogP contribution in [-0.4, -0.2) is 23.2 Å². The molecule has 6 nitrogen and oxygen atoms in total. The van der Waals surface area contributed by atoms with E-state index in [1.807, 2.05) is 19.1 Å². The number of rotatable bonds is 5. The third-order valence-corrected chi connectivity index (χ3v) is 5.93. The highest BCUT2D eigenvalue weighted by Crippen LogP contribution is 2.23. The minimum Gasteiger partial charge on any atom is -0.246 e. The Morgan fingerprint density at radius 3 is 2.58 bits per heavy atom. The average molecular weight is 411 g/mol. The molecule has 3 aromatic rings. The van der Waals surface area contributed by atoms with Crippen molar-refractivity contribution in [2.45, 2.75) is 25.3 Å². The van der Waals surface area contributed by atoms with E-state index in [0.29, 0.717) is 22.2 Å². The van der Waals surface area contributed by atoms with Crippen LogP contribution in [0.3, 0.4) is 0 Å². The van der Waals surface area contributed by atoms with Crippen molar-refractivity contribution in [2.24, 2.45) is 0 Å². The van der Waals surface area contributed by atoms with Gasteiger partial charge in [0.25, 0.3) is 16.0 Å². The average Bonchev–Trinajstić information content (AvgIpc) is 2.99. The Bertz CT molecular complexity index is 1060. The Kier molecular flexibility index (Phi) is 5.22. The second kappa shape index (κ2) is 7.26. The number of halogens is 2. The molecule has 1 aromatic heterocycles. The van der Waals surface area contributed by atoms with Gasteiger partial charge in [0.2, 0.25) is 0 Å². The van der Waals surface area contributed by atoms with Gasteiger partial charge in [0.05, 0.1) is 21.5 Å². The van der Waals surface area contributed by atoms with Crippen LogP contribution in [-0.2, 0) is 16.6 Å². The fraction of sp³-hybridized carbons (Fsp3) is 0.176. The fourth-order valence-corrected chi connectivity index (χ4v) is 4.01. The molecule has 0 bridgehead atoms. The number of anilines is 1. The van der Waals surface area contributed by atoms with Gasteiger partial charge in [-0.15, -0.1) is 5.10 Å². The van der Waals surface area contributed by atoms with E-state index in [1.165, 1.54) is 11.0 Å². The van der Waals surface area contributed by atoms with Crippen molar-refractivity contribution >= 4 is 39.2 Å². The Balaban J connectivity index is 1.79. The SMILES string of the molecule is Cc1ccc(C)c(S(=O)(=O)Nc2ncn(Cc3ccc(Cl)c(Cl)c3)n2)c1. The molecule has 0 saturated heterocycles. The third-order valence-electron chi connectivity index (χ3n) is 3.72. The van der Waals surface area contributed by atoms with E-state index < -0.39 is 10.0 Å². The molecule has 0 aliphatic heterocycles. The van der Waals surface area contributed by atoms with Crippen molar-refractivity contribution in [2.75, 3.05) is 4.72 Å². The van der Waals surface area contributed by atoms with Crippen molar-refractivity contribution in [3.8, 4) is 0 Å². The molecule has 0 atom stereocenters. The van der Waals surface area contributed by atoms with Gasteiger partial charge in [-0.2, -0.15) is 4.98 Å². The van der Waals surface area contributed by atoms with E-state index in [-0.39, 0.29) is 10.8 Å². The van der Waals surface area contributed by atoms with Gasteiger partial charge in [0.1, 0.15) is 6.33 Å². The number of hydrogen-bond donors (Lipinski definition) is 1. The Morgan fingerprint density at radius 2 is 1.85 bits per heavy atom. The van der Waals surface area contributed by atoms with E-state index in [4.69, 9.17) is 23.2 Å². The molecule has 1 N–H and O–H groups in total. The molecule has 26 heavy (non-hydrogen) atoms. The molecule has 0 aliphatic carbocycles. The molecule has 0 saturated carbocycles. The summed E-state index contributed by atoms with van der Waals surface area (Å²) in [6.45, 7) is 3.96. The third kappa shape index (κ3) is 4.17. The van der Waals surface area contributed by atoms with Gasteiger partial charge < -0.3 is 0 Å². The number of nitrogens with one attached hydrogen (secondary N) is 1. The predicted molar refractivity (Wildman–Crippen MR) is 102 cm³/mol. The maximum absolute atomic E-state index is 12.6. The van der Waals surface area contributed by atoms with E-state index in [0.717, 1.165) is 11.1 Å². The number of aromatic nitrogens is 3. The zero-order valence-corrected chi connectivity index (χ0v) is 16.4. The number of sulfonamides is 1. The largest absolute Gasteiger partial charge is 0.264 e. The van der Waals surface area contributed by atoms with E-state index in [1.54, 1.807) is 31.2 Å². The summed E-state index contributed by atoms with van der Waals surface area (Å²) in [5, 5.41) is 5.07. The zero-order chi connectivity index (χ0) is 18.9. The quantitative estimate of drug-likeness (QED) is 0.687. The van der Waals surface area contributed by atoms with Gasteiger partial charge in [0.15, 0.2) is 0 Å². The number of nitrogens with zero attached hydrogens (tertiary/aromatic N) is 3. The van der Waals surface area contributed by atoms with Crippen LogP contribution in [0, 0.1) is 13.8 Å². The molecular formula is C17H16Cl2N4O2S. The highest BCUT2D eigenvalue weighted by Gasteiger charge is 2.19. The molecular weight excluding hydrogens is 395 g/mol. The van der Waals surface area contributed by atoms with E-state index in [9.17, 15) is 8.42 Å². The zero-order valence-electron chi connectivity index (χ0n) is 14.1. The summed E-state index contributed by atoms with van der Waals surface area (Å²) < 4.78 is 29.1. The lowest BCUT2D eigenvalue weighted by atomic mass is 10.2. The molecule has 0 spiro atoms. The van der Waals surface area contributed by atoms with E-state index in [2.05, 4.69) is 14.8 Å². The maximum atomic E-state index is 12.6. The molecule has 0 unspecified atom stereocenters. The normalized spacial score (nSPS) is 11.5. The van der Waals surface area contributed by atoms with Gasteiger partial charge >= 0.3 is 0 Å². The first-order chi connectivity index (χ1) is 12.2. The topological polar surface area (TPSA) is 76.9 Å². The van der Waals surface area contributed by atoms with Crippen LogP contribution in [0.4, 0.5) is 5.95 Å². The number of hydrogen-bond acceptors (Lipinski definition) is 4. The molecule has 0 amide bonds. The minimum absolute atomic E-state index is 0.00552. The summed E-state index contributed by atoms with van der Waals surface area (Å²) in [5.41, 5.74) is 2.38. The van der Waals surface area contributed by atoms with Gasteiger partial charge in [-0.05, 0) is 48.7 Å². The second-order valence-electron chi connectivity index (χ2n) is 5.89. The summed E-state index contributed by atoms with van der Waals surface area (Å²) >= 11 is 11.9. The standard InChI is InChI=1S/C17H16Cl2N4O2S/c1-11-3-4-12(2)16(7-11)26(24,25)22-17-20-10-23(21-17)9-13-5-6-14(18)15(19)8-13/h3-8,10H,9H2,1-2H3,(H,21,22). The van der Waals surface area contributed by atoms with Crippen LogP contribution >= 0.6 is 23.2 Å². The summed E-state index contributed by atoms with van der Waals surface area (Å²) in [4.78, 5) is 4.22. The van der Waals surface area contributed by atoms with Crippen molar-refractivity contribution in [3.05, 3.63) is 69.5 Å². The summed E-state index contributed by atoms with van der Waals surface area (Å²) in [5.74, 6) is 0.00552. The first-order valence-corrected chi connectivity index (χ1v) is 9.92. The second-order valence-corrected chi connectivity index (χ2v) is 8.35. The fourth-order valence-electron chi connectivity index (χ4n) is 2.41. The molecule has 9 heteroatoms. The van der Waals surface area contributed by atoms with E-state index >= 15 is 0 Å². The first-order valence-electron chi connectivity index (χ1n) is 7.68. The summed E-state index contributed by atoms with van der Waals surface area (Å²) in [7, 11) is -3.77. The van der Waals surface area contributed by atoms with Crippen LogP contribution in [0.25, 0.3) is 0 Å². The van der Waals surface area contributed by atoms with Crippen LogP contribution in [0.1, 0.15) is 16.7 Å². The lowest BCUT2D eigenvalue weighted by Crippen LogP contribution is -2.15. The minimum atomic E-state index is -3.77. The monoisotopic (exact) mass is 410 g/mol. The molecule has 2 aromatic carbocycles. The van der Waals surface area contributed by atoms with Crippen LogP contribution in [0.5, 0.6) is 0 Å². The van der Waals surface area contributed by atoms with Crippen molar-refractivity contribution in [1.82, 2.24) is 14.8 Å². The molecule has 0 radical (unpaired) electrons. The Hall–Kier alpha value is -2.09. The lowest BCUT2D eigenvalue weighted by molar-refractivity contribution is 0.600. The molecule has 0 fully saturated rings. The Labute approximate surface area is 161 Å². The highest BCUT2D eigenvalue weighted by atomic mass is 35.5. The van der Waals surface area contributed by atoms with Gasteiger partial charge in [-0.25, -0.2) is 17.8 Å². The number of benzene rings is 2. The first kappa shape index (κ1) is 18.7.